The van der Waals surface area contributed by atoms with Crippen LogP contribution in [0.4, 0.5) is 0 Å². The Morgan fingerprint density at radius 3 is 2.95 bits per heavy atom. The van der Waals surface area contributed by atoms with Gasteiger partial charge in [0.1, 0.15) is 0 Å². The van der Waals surface area contributed by atoms with E-state index in [-0.39, 0.29) is 0 Å². The van der Waals surface area contributed by atoms with Crippen molar-refractivity contribution in [2.24, 2.45) is 5.73 Å². The number of hydrogen-bond donors (Lipinski definition) is 1. The fraction of sp³-hybridized carbons (Fsp3) is 0.533. The van der Waals surface area contributed by atoms with E-state index in [0.29, 0.717) is 11.6 Å². The minimum atomic E-state index is -0.418. The predicted molar refractivity (Wildman–Crippen MR) is 83.8 cm³/mol. The summed E-state index contributed by atoms with van der Waals surface area (Å²) in [5, 5.41) is 5.59. The summed E-state index contributed by atoms with van der Waals surface area (Å²) < 4.78 is 1.88. The lowest BCUT2D eigenvalue weighted by molar-refractivity contribution is 0.1000. The molecule has 2 fully saturated rings. The zero-order valence-corrected chi connectivity index (χ0v) is 13.1. The molecular formula is C15H19N5OS. The Balaban J connectivity index is 1.37. The molecule has 1 atom stereocenters. The molecule has 0 aromatic carbocycles. The molecule has 2 aromatic heterocycles. The quantitative estimate of drug-likeness (QED) is 0.911. The van der Waals surface area contributed by atoms with Crippen LogP contribution in [0.5, 0.6) is 0 Å². The number of rotatable bonds is 5. The Morgan fingerprint density at radius 2 is 2.23 bits per heavy atom. The van der Waals surface area contributed by atoms with E-state index in [4.69, 9.17) is 5.73 Å². The van der Waals surface area contributed by atoms with E-state index in [1.54, 1.807) is 12.4 Å². The highest BCUT2D eigenvalue weighted by molar-refractivity contribution is 7.11. The molecule has 1 unspecified atom stereocenters. The maximum Gasteiger partial charge on any atom is 0.251 e. The Labute approximate surface area is 132 Å². The molecule has 2 N–H and O–H groups in total. The van der Waals surface area contributed by atoms with Crippen LogP contribution in [-0.4, -0.2) is 38.7 Å². The fourth-order valence-electron chi connectivity index (χ4n) is 2.97. The van der Waals surface area contributed by atoms with Crippen molar-refractivity contribution in [3.8, 4) is 0 Å². The van der Waals surface area contributed by atoms with Crippen LogP contribution in [0.1, 0.15) is 51.5 Å². The van der Waals surface area contributed by atoms with Crippen molar-refractivity contribution >= 4 is 17.2 Å². The summed E-state index contributed by atoms with van der Waals surface area (Å²) in [5.41, 5.74) is 5.76. The first-order chi connectivity index (χ1) is 10.7. The lowest BCUT2D eigenvalue weighted by atomic mass is 10.3. The van der Waals surface area contributed by atoms with Gasteiger partial charge in [0.15, 0.2) is 0 Å². The molecule has 2 aromatic rings. The van der Waals surface area contributed by atoms with E-state index in [1.807, 2.05) is 22.2 Å². The smallest absolute Gasteiger partial charge is 0.251 e. The number of thiazole rings is 1. The lowest BCUT2D eigenvalue weighted by Crippen LogP contribution is -2.21. The van der Waals surface area contributed by atoms with E-state index in [1.165, 1.54) is 22.7 Å². The average Bonchev–Trinajstić information content (AvgIpc) is 2.96. The third-order valence-corrected chi connectivity index (χ3v) is 5.53. The second kappa shape index (κ2) is 5.48. The summed E-state index contributed by atoms with van der Waals surface area (Å²) >= 11 is 1.86. The first kappa shape index (κ1) is 13.9. The zero-order chi connectivity index (χ0) is 15.1. The molecule has 116 valence electrons. The largest absolute Gasteiger partial charge is 0.366 e. The highest BCUT2D eigenvalue weighted by atomic mass is 32.1. The van der Waals surface area contributed by atoms with E-state index < -0.39 is 5.91 Å². The van der Waals surface area contributed by atoms with Crippen LogP contribution in [0.25, 0.3) is 0 Å². The van der Waals surface area contributed by atoms with Gasteiger partial charge in [0.25, 0.3) is 5.91 Å². The summed E-state index contributed by atoms with van der Waals surface area (Å²) in [7, 11) is 0. The van der Waals surface area contributed by atoms with Gasteiger partial charge in [-0.2, -0.15) is 5.10 Å². The molecule has 1 saturated carbocycles. The first-order valence-electron chi connectivity index (χ1n) is 7.70. The highest BCUT2D eigenvalue weighted by Gasteiger charge is 2.28. The topological polar surface area (TPSA) is 77.0 Å². The second-order valence-electron chi connectivity index (χ2n) is 6.19. The highest BCUT2D eigenvalue weighted by Crippen LogP contribution is 2.42. The van der Waals surface area contributed by atoms with Crippen molar-refractivity contribution in [2.75, 3.05) is 13.1 Å². The van der Waals surface area contributed by atoms with E-state index in [2.05, 4.69) is 15.0 Å². The summed E-state index contributed by atoms with van der Waals surface area (Å²) in [5.74, 6) is 0.319. The minimum Gasteiger partial charge on any atom is -0.366 e. The molecule has 22 heavy (non-hydrogen) atoms. The second-order valence-corrected chi connectivity index (χ2v) is 7.34. The van der Waals surface area contributed by atoms with Crippen molar-refractivity contribution in [1.29, 1.82) is 0 Å². The molecule has 2 aliphatic rings. The van der Waals surface area contributed by atoms with Crippen LogP contribution in [-0.2, 0) is 6.54 Å². The molecule has 0 bridgehead atoms. The van der Waals surface area contributed by atoms with Gasteiger partial charge < -0.3 is 5.73 Å². The van der Waals surface area contributed by atoms with Gasteiger partial charge in [-0.05, 0) is 19.3 Å². The zero-order valence-electron chi connectivity index (χ0n) is 12.3. The third kappa shape index (κ3) is 2.78. The number of amides is 1. The first-order valence-corrected chi connectivity index (χ1v) is 8.51. The van der Waals surface area contributed by atoms with Crippen molar-refractivity contribution in [2.45, 2.75) is 37.8 Å². The summed E-state index contributed by atoms with van der Waals surface area (Å²) in [6, 6.07) is 0.323. The van der Waals surface area contributed by atoms with Crippen molar-refractivity contribution < 1.29 is 4.79 Å². The third-order valence-electron chi connectivity index (χ3n) is 4.39. The maximum atomic E-state index is 11.1. The molecule has 4 rings (SSSR count). The summed E-state index contributed by atoms with van der Waals surface area (Å²) in [6.45, 7) is 2.97. The molecule has 3 heterocycles. The standard InChI is InChI=1S/C15H19N5OS/c16-14(21)11-5-18-20(7-11)12-3-4-19(8-12)9-13-6-17-15(22-13)10-1-2-10/h5-7,10,12H,1-4,8-9H2,(H2,16,21). The number of nitrogens with two attached hydrogens (primary N) is 1. The molecule has 6 nitrogen and oxygen atoms in total. The molecule has 0 radical (unpaired) electrons. The lowest BCUT2D eigenvalue weighted by Gasteiger charge is -2.14. The molecule has 1 saturated heterocycles. The Bertz CT molecular complexity index is 690. The number of likely N-dealkylation sites (tertiary alicyclic amines) is 1. The molecule has 1 amide bonds. The van der Waals surface area contributed by atoms with E-state index in [0.717, 1.165) is 32.0 Å². The van der Waals surface area contributed by atoms with Gasteiger partial charge in [0.2, 0.25) is 0 Å². The van der Waals surface area contributed by atoms with Crippen LogP contribution in [0.2, 0.25) is 0 Å². The number of nitrogens with zero attached hydrogens (tertiary/aromatic N) is 4. The van der Waals surface area contributed by atoms with Crippen molar-refractivity contribution in [1.82, 2.24) is 19.7 Å². The molecule has 7 heteroatoms. The summed E-state index contributed by atoms with van der Waals surface area (Å²) in [6.07, 6.45) is 9.00. The van der Waals surface area contributed by atoms with E-state index >= 15 is 0 Å². The molecule has 1 aliphatic heterocycles. The predicted octanol–water partition coefficient (Wildman–Crippen LogP) is 1.76. The van der Waals surface area contributed by atoms with Crippen LogP contribution < -0.4 is 5.73 Å². The average molecular weight is 317 g/mol. The van der Waals surface area contributed by atoms with Gasteiger partial charge in [-0.15, -0.1) is 11.3 Å². The Morgan fingerprint density at radius 1 is 1.36 bits per heavy atom. The van der Waals surface area contributed by atoms with Gasteiger partial charge >= 0.3 is 0 Å². The van der Waals surface area contributed by atoms with Gasteiger partial charge in [0.05, 0.1) is 22.8 Å². The Hall–Kier alpha value is -1.73. The van der Waals surface area contributed by atoms with Gasteiger partial charge in [-0.1, -0.05) is 0 Å². The van der Waals surface area contributed by atoms with Crippen molar-refractivity contribution in [3.05, 3.63) is 34.0 Å². The van der Waals surface area contributed by atoms with Gasteiger partial charge in [-0.25, -0.2) is 4.98 Å². The SMILES string of the molecule is NC(=O)c1cnn(C2CCN(Cc3cnc(C4CC4)s3)C2)c1. The monoisotopic (exact) mass is 317 g/mol. The number of carbonyl (C=O) groups excluding carboxylic acids is 1. The minimum absolute atomic E-state index is 0.323. The van der Waals surface area contributed by atoms with Crippen molar-refractivity contribution in [3.63, 3.8) is 0 Å². The molecule has 0 spiro atoms. The van der Waals surface area contributed by atoms with E-state index in [9.17, 15) is 4.79 Å². The number of primary amides is 1. The maximum absolute atomic E-state index is 11.1. The van der Waals surface area contributed by atoms with Crippen LogP contribution in [0.15, 0.2) is 18.6 Å². The van der Waals surface area contributed by atoms with Crippen LogP contribution in [0.3, 0.4) is 0 Å². The molecular weight excluding hydrogens is 298 g/mol. The van der Waals surface area contributed by atoms with Crippen LogP contribution >= 0.6 is 11.3 Å². The molecule has 1 aliphatic carbocycles. The fourth-order valence-corrected chi connectivity index (χ4v) is 4.10. The van der Waals surface area contributed by atoms with Gasteiger partial charge in [0, 0.05) is 42.8 Å². The van der Waals surface area contributed by atoms with Crippen LogP contribution in [0, 0.1) is 0 Å². The number of hydrogen-bond acceptors (Lipinski definition) is 5. The Kier molecular flexibility index (Phi) is 3.46. The van der Waals surface area contributed by atoms with Gasteiger partial charge in [-0.3, -0.25) is 14.4 Å². The summed E-state index contributed by atoms with van der Waals surface area (Å²) in [4.78, 5) is 19.5. The normalized spacial score (nSPS) is 22.3. The number of aromatic nitrogens is 3. The number of carbonyl (C=O) groups is 1.